The number of rotatable bonds is 3. The second kappa shape index (κ2) is 3.95. The van der Waals surface area contributed by atoms with E-state index in [2.05, 4.69) is 13.2 Å². The fraction of sp³-hybridized carbons (Fsp3) is 0.333. The summed E-state index contributed by atoms with van der Waals surface area (Å²) in [5.41, 5.74) is 2.23. The molecule has 0 saturated carbocycles. The van der Waals surface area contributed by atoms with E-state index in [1.807, 2.05) is 24.3 Å². The Morgan fingerprint density at radius 3 is 1.79 bits per heavy atom. The maximum Gasteiger partial charge on any atom is 0.113 e. The minimum Gasteiger partial charge on any atom is -0.366 e. The summed E-state index contributed by atoms with van der Waals surface area (Å²) in [6.07, 6.45) is 7.75. The van der Waals surface area contributed by atoms with Crippen molar-refractivity contribution in [1.82, 2.24) is 0 Å². The summed E-state index contributed by atoms with van der Waals surface area (Å²) in [6.45, 7) is 8.83. The summed E-state index contributed by atoms with van der Waals surface area (Å²) in [4.78, 5) is 0. The van der Waals surface area contributed by atoms with Crippen LogP contribution in [0.3, 0.4) is 0 Å². The molecule has 0 aromatic rings. The highest BCUT2D eigenvalue weighted by Gasteiger charge is 2.32. The van der Waals surface area contributed by atoms with Gasteiger partial charge >= 0.3 is 0 Å². The molecule has 2 rings (SSSR count). The van der Waals surface area contributed by atoms with Crippen molar-refractivity contribution in [3.05, 3.63) is 48.6 Å². The lowest BCUT2D eigenvalue weighted by molar-refractivity contribution is 0.00250. The van der Waals surface area contributed by atoms with Crippen molar-refractivity contribution in [2.24, 2.45) is 0 Å². The van der Waals surface area contributed by atoms with Crippen molar-refractivity contribution in [3.63, 3.8) is 0 Å². The molecule has 0 aromatic carbocycles. The summed E-state index contributed by atoms with van der Waals surface area (Å²) < 4.78 is 11.2. The van der Waals surface area contributed by atoms with Crippen molar-refractivity contribution < 1.29 is 9.47 Å². The highest BCUT2D eigenvalue weighted by atomic mass is 16.5. The average molecular weight is 190 g/mol. The minimum absolute atomic E-state index is 0.000694. The largest absolute Gasteiger partial charge is 0.366 e. The van der Waals surface area contributed by atoms with Crippen LogP contribution in [-0.4, -0.2) is 25.4 Å². The molecule has 0 fully saturated rings. The molecule has 0 bridgehead atoms. The maximum atomic E-state index is 5.60. The molecule has 2 aliphatic heterocycles. The van der Waals surface area contributed by atoms with Gasteiger partial charge in [-0.3, -0.25) is 0 Å². The van der Waals surface area contributed by atoms with Gasteiger partial charge in [0.25, 0.3) is 0 Å². The van der Waals surface area contributed by atoms with E-state index >= 15 is 0 Å². The molecular formula is C12H14O2. The molecule has 0 unspecified atom stereocenters. The Morgan fingerprint density at radius 2 is 1.43 bits per heavy atom. The van der Waals surface area contributed by atoms with Gasteiger partial charge < -0.3 is 9.47 Å². The Morgan fingerprint density at radius 1 is 1.00 bits per heavy atom. The zero-order chi connectivity index (χ0) is 9.97. The first-order valence-electron chi connectivity index (χ1n) is 4.75. The maximum absolute atomic E-state index is 5.60. The Hall–Kier alpha value is -1.12. The lowest BCUT2D eigenvalue weighted by atomic mass is 10.00. The Bertz CT molecular complexity index is 280. The van der Waals surface area contributed by atoms with E-state index in [-0.39, 0.29) is 12.2 Å². The van der Waals surface area contributed by atoms with Gasteiger partial charge in [0.05, 0.1) is 13.2 Å². The Balaban J connectivity index is 2.16. The standard InChI is InChI=1S/C12H14O2/c1-3-9-5-7-13-11(9)12-10(4-2)6-8-14-12/h3-6,11-12H,1-2,7-8H2/t11-,12-/m1/s1. The number of ether oxygens (including phenoxy) is 2. The monoisotopic (exact) mass is 190 g/mol. The second-order valence-electron chi connectivity index (χ2n) is 3.32. The summed E-state index contributed by atoms with van der Waals surface area (Å²) in [5, 5.41) is 0. The van der Waals surface area contributed by atoms with Crippen LogP contribution < -0.4 is 0 Å². The molecular weight excluding hydrogens is 176 g/mol. The summed E-state index contributed by atoms with van der Waals surface area (Å²) >= 11 is 0. The number of hydrogen-bond acceptors (Lipinski definition) is 2. The molecule has 2 aliphatic rings. The molecule has 0 aromatic heterocycles. The van der Waals surface area contributed by atoms with Gasteiger partial charge in [-0.15, -0.1) is 0 Å². The smallest absolute Gasteiger partial charge is 0.113 e. The zero-order valence-corrected chi connectivity index (χ0v) is 8.11. The van der Waals surface area contributed by atoms with Crippen LogP contribution >= 0.6 is 0 Å². The van der Waals surface area contributed by atoms with Gasteiger partial charge in [0.2, 0.25) is 0 Å². The molecule has 0 aliphatic carbocycles. The first kappa shape index (κ1) is 9.44. The third kappa shape index (κ3) is 1.47. The predicted molar refractivity (Wildman–Crippen MR) is 56.0 cm³/mol. The second-order valence-corrected chi connectivity index (χ2v) is 3.32. The molecule has 2 nitrogen and oxygen atoms in total. The van der Waals surface area contributed by atoms with Crippen molar-refractivity contribution in [1.29, 1.82) is 0 Å². The van der Waals surface area contributed by atoms with E-state index in [0.29, 0.717) is 13.2 Å². The Kier molecular flexibility index (Phi) is 2.66. The van der Waals surface area contributed by atoms with Gasteiger partial charge in [-0.25, -0.2) is 0 Å². The molecule has 2 heterocycles. The lowest BCUT2D eigenvalue weighted by Crippen LogP contribution is -2.28. The zero-order valence-electron chi connectivity index (χ0n) is 8.11. The summed E-state index contributed by atoms with van der Waals surface area (Å²) in [6, 6.07) is 0. The van der Waals surface area contributed by atoms with Gasteiger partial charge in [-0.2, -0.15) is 0 Å². The first-order chi connectivity index (χ1) is 6.86. The van der Waals surface area contributed by atoms with E-state index < -0.39 is 0 Å². The van der Waals surface area contributed by atoms with E-state index in [4.69, 9.17) is 9.47 Å². The van der Waals surface area contributed by atoms with Crippen LogP contribution in [0.1, 0.15) is 0 Å². The van der Waals surface area contributed by atoms with Crippen LogP contribution in [0.5, 0.6) is 0 Å². The van der Waals surface area contributed by atoms with E-state index in [1.165, 1.54) is 0 Å². The SMILES string of the molecule is C=CC1=CCO[C@H]1[C@@H]1OCC=C1C=C. The summed E-state index contributed by atoms with van der Waals surface area (Å²) in [7, 11) is 0. The third-order valence-corrected chi connectivity index (χ3v) is 2.59. The normalized spacial score (nSPS) is 31.1. The molecule has 0 spiro atoms. The number of hydrogen-bond donors (Lipinski definition) is 0. The van der Waals surface area contributed by atoms with Crippen LogP contribution in [0.15, 0.2) is 48.6 Å². The first-order valence-corrected chi connectivity index (χ1v) is 4.75. The van der Waals surface area contributed by atoms with Gasteiger partial charge in [-0.1, -0.05) is 37.5 Å². The molecule has 2 atom stereocenters. The van der Waals surface area contributed by atoms with Crippen molar-refractivity contribution in [2.45, 2.75) is 12.2 Å². The fourth-order valence-electron chi connectivity index (χ4n) is 1.84. The van der Waals surface area contributed by atoms with Gasteiger partial charge in [0.1, 0.15) is 12.2 Å². The topological polar surface area (TPSA) is 18.5 Å². The highest BCUT2D eigenvalue weighted by molar-refractivity contribution is 5.35. The van der Waals surface area contributed by atoms with Crippen molar-refractivity contribution in [2.75, 3.05) is 13.2 Å². The van der Waals surface area contributed by atoms with E-state index in [0.717, 1.165) is 11.1 Å². The van der Waals surface area contributed by atoms with Crippen LogP contribution in [0.4, 0.5) is 0 Å². The van der Waals surface area contributed by atoms with Crippen molar-refractivity contribution >= 4 is 0 Å². The molecule has 0 N–H and O–H groups in total. The van der Waals surface area contributed by atoms with Crippen molar-refractivity contribution in [3.8, 4) is 0 Å². The fourth-order valence-corrected chi connectivity index (χ4v) is 1.84. The highest BCUT2D eigenvalue weighted by Crippen LogP contribution is 2.28. The van der Waals surface area contributed by atoms with E-state index in [9.17, 15) is 0 Å². The minimum atomic E-state index is -0.000694. The third-order valence-electron chi connectivity index (χ3n) is 2.59. The molecule has 14 heavy (non-hydrogen) atoms. The summed E-state index contributed by atoms with van der Waals surface area (Å²) in [5.74, 6) is 0. The quantitative estimate of drug-likeness (QED) is 0.677. The molecule has 0 radical (unpaired) electrons. The predicted octanol–water partition coefficient (Wildman–Crippen LogP) is 2.01. The molecule has 74 valence electrons. The van der Waals surface area contributed by atoms with Gasteiger partial charge in [-0.05, 0) is 11.1 Å². The molecule has 0 amide bonds. The van der Waals surface area contributed by atoms with Crippen LogP contribution in [-0.2, 0) is 9.47 Å². The lowest BCUT2D eigenvalue weighted by Gasteiger charge is -2.21. The van der Waals surface area contributed by atoms with Gasteiger partial charge in [0.15, 0.2) is 0 Å². The van der Waals surface area contributed by atoms with Crippen LogP contribution in [0.2, 0.25) is 0 Å². The van der Waals surface area contributed by atoms with Gasteiger partial charge in [0, 0.05) is 0 Å². The van der Waals surface area contributed by atoms with E-state index in [1.54, 1.807) is 0 Å². The molecule has 2 heteroatoms. The average Bonchev–Trinajstić information content (AvgIpc) is 2.85. The Labute approximate surface area is 84.2 Å². The molecule has 0 saturated heterocycles. The van der Waals surface area contributed by atoms with Crippen LogP contribution in [0, 0.1) is 0 Å². The van der Waals surface area contributed by atoms with Crippen LogP contribution in [0.25, 0.3) is 0 Å².